The Morgan fingerprint density at radius 3 is 2.57 bits per heavy atom. The number of aromatic amines is 1. The number of nitrogens with zero attached hydrogens (tertiary/aromatic N) is 1. The highest BCUT2D eigenvalue weighted by atomic mass is 32.2. The van der Waals surface area contributed by atoms with Crippen LogP contribution in [-0.2, 0) is 11.0 Å². The van der Waals surface area contributed by atoms with Gasteiger partial charge in [-0.15, -0.1) is 0 Å². The smallest absolute Gasteiger partial charge is 0.200 e. The number of benzene rings is 1. The van der Waals surface area contributed by atoms with Crippen molar-refractivity contribution >= 4 is 28.0 Å². The van der Waals surface area contributed by atoms with Gasteiger partial charge < -0.3 is 20.8 Å². The molecular formula is C20H23F2N5O2S. The normalized spacial score (nSPS) is 13.9. The fourth-order valence-electron chi connectivity index (χ4n) is 2.70. The van der Waals surface area contributed by atoms with Crippen LogP contribution in [0, 0.1) is 18.6 Å². The predicted molar refractivity (Wildman–Crippen MR) is 115 cm³/mol. The van der Waals surface area contributed by atoms with E-state index in [0.29, 0.717) is 17.0 Å². The van der Waals surface area contributed by atoms with Crippen LogP contribution in [0.5, 0.6) is 0 Å². The number of aryl methyl sites for hydroxylation is 1. The number of rotatable bonds is 8. The van der Waals surface area contributed by atoms with Gasteiger partial charge in [-0.1, -0.05) is 0 Å². The van der Waals surface area contributed by atoms with Crippen molar-refractivity contribution in [3.8, 4) is 0 Å². The molecule has 1 unspecified atom stereocenters. The summed E-state index contributed by atoms with van der Waals surface area (Å²) in [7, 11) is -0.0434. The average Bonchev–Trinajstić information content (AvgIpc) is 3.12. The first-order valence-electron chi connectivity index (χ1n) is 8.82. The van der Waals surface area contributed by atoms with E-state index >= 15 is 0 Å². The van der Waals surface area contributed by atoms with Gasteiger partial charge >= 0.3 is 0 Å². The quantitative estimate of drug-likeness (QED) is 0.289. The third-order valence-corrected chi connectivity index (χ3v) is 4.57. The summed E-state index contributed by atoms with van der Waals surface area (Å²) in [5.74, 6) is -2.55. The number of allylic oxidation sites excluding steroid dienone is 4. The maximum absolute atomic E-state index is 14.8. The lowest BCUT2D eigenvalue weighted by Crippen LogP contribution is -2.15. The monoisotopic (exact) mass is 435 g/mol. The standard InChI is InChI=1S/C20H23F2N5O2S/c1-11(7-13(8-23)20-25-9-12(2)26-20)14(10-24-3)19(28)17-15(21)5-6-16(18(17)22)27-30(4)29/h5-10,24,27H,23H2,1-4H3,(H,25,26)/b11-7+,13-8+,14-10+. The van der Waals surface area contributed by atoms with Gasteiger partial charge in [0.25, 0.3) is 0 Å². The van der Waals surface area contributed by atoms with Gasteiger partial charge in [0, 0.05) is 48.7 Å². The molecule has 0 aliphatic heterocycles. The number of hydrogen-bond acceptors (Lipinski definition) is 5. The van der Waals surface area contributed by atoms with Gasteiger partial charge in [-0.25, -0.2) is 18.0 Å². The molecule has 0 aliphatic carbocycles. The van der Waals surface area contributed by atoms with Gasteiger partial charge in [-0.05, 0) is 37.6 Å². The molecule has 2 rings (SSSR count). The third-order valence-electron chi connectivity index (χ3n) is 4.06. The van der Waals surface area contributed by atoms with Crippen LogP contribution in [0.4, 0.5) is 14.5 Å². The number of imidazole rings is 1. The molecule has 2 aromatic rings. The Kier molecular flexibility index (Phi) is 7.65. The summed E-state index contributed by atoms with van der Waals surface area (Å²) in [6, 6.07) is 2.03. The summed E-state index contributed by atoms with van der Waals surface area (Å²) >= 11 is 0. The Labute approximate surface area is 175 Å². The van der Waals surface area contributed by atoms with E-state index < -0.39 is 34.0 Å². The number of anilines is 1. The molecule has 1 aromatic heterocycles. The third kappa shape index (κ3) is 5.20. The summed E-state index contributed by atoms with van der Waals surface area (Å²) in [4.78, 5) is 20.3. The molecule has 160 valence electrons. The van der Waals surface area contributed by atoms with Gasteiger partial charge in [-0.2, -0.15) is 0 Å². The minimum absolute atomic E-state index is 0.0210. The number of nitrogens with one attached hydrogen (secondary N) is 3. The molecule has 0 radical (unpaired) electrons. The zero-order valence-corrected chi connectivity index (χ0v) is 17.8. The number of H-pyrrole nitrogens is 1. The van der Waals surface area contributed by atoms with Gasteiger partial charge in [0.2, 0.25) is 5.78 Å². The molecular weight excluding hydrogens is 412 g/mol. The van der Waals surface area contributed by atoms with Crippen LogP contribution in [0.15, 0.2) is 48.0 Å². The van der Waals surface area contributed by atoms with E-state index in [1.165, 1.54) is 18.7 Å². The van der Waals surface area contributed by atoms with Crippen LogP contribution >= 0.6 is 0 Å². The number of carbonyl (C=O) groups is 1. The van der Waals surface area contributed by atoms with E-state index in [0.717, 1.165) is 17.8 Å². The second-order valence-electron chi connectivity index (χ2n) is 6.38. The first-order chi connectivity index (χ1) is 14.2. The Hall–Kier alpha value is -3.27. The van der Waals surface area contributed by atoms with E-state index in [1.54, 1.807) is 26.2 Å². The van der Waals surface area contributed by atoms with Gasteiger partial charge in [0.05, 0.1) is 11.3 Å². The van der Waals surface area contributed by atoms with Gasteiger partial charge in [0.15, 0.2) is 5.82 Å². The lowest BCUT2D eigenvalue weighted by atomic mass is 9.95. The van der Waals surface area contributed by atoms with Crippen molar-refractivity contribution in [2.75, 3.05) is 18.0 Å². The maximum atomic E-state index is 14.8. The lowest BCUT2D eigenvalue weighted by molar-refractivity contribution is 0.102. The van der Waals surface area contributed by atoms with E-state index in [-0.39, 0.29) is 11.3 Å². The Bertz CT molecular complexity index is 1070. The minimum Gasteiger partial charge on any atom is -0.404 e. The fraction of sp³-hybridized carbons (Fsp3) is 0.200. The summed E-state index contributed by atoms with van der Waals surface area (Å²) in [5.41, 5.74) is 6.43. The minimum atomic E-state index is -1.60. The van der Waals surface area contributed by atoms with E-state index in [4.69, 9.17) is 5.73 Å². The molecule has 0 spiro atoms. The molecule has 0 saturated carbocycles. The molecule has 0 amide bonds. The maximum Gasteiger partial charge on any atom is 0.200 e. The molecule has 0 aliphatic rings. The molecule has 1 heterocycles. The summed E-state index contributed by atoms with van der Waals surface area (Å²) in [6.07, 6.45) is 7.15. The topological polar surface area (TPSA) is 113 Å². The van der Waals surface area contributed by atoms with Crippen molar-refractivity contribution in [2.45, 2.75) is 13.8 Å². The zero-order valence-electron chi connectivity index (χ0n) is 17.0. The largest absolute Gasteiger partial charge is 0.404 e. The van der Waals surface area contributed by atoms with Crippen LogP contribution in [-0.4, -0.2) is 33.3 Å². The number of ketones is 1. The Balaban J connectivity index is 2.52. The molecule has 0 fully saturated rings. The van der Waals surface area contributed by atoms with Crippen LogP contribution in [0.1, 0.15) is 28.8 Å². The highest BCUT2D eigenvalue weighted by Crippen LogP contribution is 2.27. The van der Waals surface area contributed by atoms with Crippen molar-refractivity contribution in [1.29, 1.82) is 0 Å². The van der Waals surface area contributed by atoms with Crippen LogP contribution in [0.25, 0.3) is 5.57 Å². The van der Waals surface area contributed by atoms with Crippen molar-refractivity contribution in [1.82, 2.24) is 15.3 Å². The highest BCUT2D eigenvalue weighted by molar-refractivity contribution is 7.85. The van der Waals surface area contributed by atoms with Crippen LogP contribution in [0.3, 0.4) is 0 Å². The van der Waals surface area contributed by atoms with Crippen molar-refractivity contribution in [3.05, 3.63) is 76.7 Å². The van der Waals surface area contributed by atoms with Crippen molar-refractivity contribution in [3.63, 3.8) is 0 Å². The summed E-state index contributed by atoms with van der Waals surface area (Å²) in [6.45, 7) is 3.44. The van der Waals surface area contributed by atoms with Gasteiger partial charge in [0.1, 0.15) is 22.6 Å². The molecule has 0 saturated heterocycles. The Morgan fingerprint density at radius 2 is 2.03 bits per heavy atom. The second kappa shape index (κ2) is 9.97. The highest BCUT2D eigenvalue weighted by Gasteiger charge is 2.25. The Morgan fingerprint density at radius 1 is 1.33 bits per heavy atom. The molecule has 1 atom stereocenters. The molecule has 10 heteroatoms. The molecule has 0 bridgehead atoms. The first kappa shape index (κ1) is 23.0. The predicted octanol–water partition coefficient (Wildman–Crippen LogP) is 2.93. The summed E-state index contributed by atoms with van der Waals surface area (Å²) in [5, 5.41) is 2.71. The summed E-state index contributed by atoms with van der Waals surface area (Å²) < 4.78 is 42.9. The van der Waals surface area contributed by atoms with E-state index in [1.807, 2.05) is 6.92 Å². The lowest BCUT2D eigenvalue weighted by Gasteiger charge is -2.13. The second-order valence-corrected chi connectivity index (χ2v) is 7.49. The number of hydrogen-bond donors (Lipinski definition) is 4. The van der Waals surface area contributed by atoms with E-state index in [2.05, 4.69) is 20.0 Å². The van der Waals surface area contributed by atoms with Crippen molar-refractivity contribution in [2.24, 2.45) is 5.73 Å². The number of aromatic nitrogens is 2. The van der Waals surface area contributed by atoms with Crippen LogP contribution < -0.4 is 15.8 Å². The number of Topliss-reactive ketones (excluding diaryl/α,β-unsaturated/α-hetero) is 1. The van der Waals surface area contributed by atoms with Crippen LogP contribution in [0.2, 0.25) is 0 Å². The molecule has 30 heavy (non-hydrogen) atoms. The number of nitrogens with two attached hydrogens (primary N) is 1. The van der Waals surface area contributed by atoms with E-state index in [9.17, 15) is 17.8 Å². The van der Waals surface area contributed by atoms with Gasteiger partial charge in [-0.3, -0.25) is 4.79 Å². The SMILES string of the molecule is CN\C=C(C(=O)c1c(F)ccc(NS(C)=O)c1F)/C(C)=C/C(=C\N)c1ncc(C)[nH]1. The zero-order chi connectivity index (χ0) is 22.4. The first-order valence-corrected chi connectivity index (χ1v) is 10.4. The molecule has 7 nitrogen and oxygen atoms in total. The number of carbonyl (C=O) groups excluding carboxylic acids is 1. The molecule has 1 aromatic carbocycles. The fourth-order valence-corrected chi connectivity index (χ4v) is 3.16. The average molecular weight is 436 g/mol. The number of halogens is 2. The molecule has 5 N–H and O–H groups in total. The van der Waals surface area contributed by atoms with Crippen molar-refractivity contribution < 1.29 is 17.8 Å².